The molecule has 0 spiro atoms. The van der Waals surface area contributed by atoms with Crippen molar-refractivity contribution < 1.29 is 4.39 Å². The fourth-order valence-electron chi connectivity index (χ4n) is 1.33. The molecule has 0 fully saturated rings. The van der Waals surface area contributed by atoms with Crippen LogP contribution in [0.2, 0.25) is 5.02 Å². The van der Waals surface area contributed by atoms with E-state index < -0.39 is 5.82 Å². The fourth-order valence-corrected chi connectivity index (χ4v) is 1.47. The number of hydrogen-bond donors (Lipinski definition) is 1. The molecule has 0 aliphatic carbocycles. The Labute approximate surface area is 98.1 Å². The third-order valence-corrected chi connectivity index (χ3v) is 2.32. The molecule has 4 heteroatoms. The quantitative estimate of drug-likeness (QED) is 0.883. The molecule has 0 aliphatic heterocycles. The first-order valence-electron chi connectivity index (χ1n) is 4.84. The Kier molecular flexibility index (Phi) is 3.37. The van der Waals surface area contributed by atoms with Crippen molar-refractivity contribution in [3.8, 4) is 0 Å². The van der Waals surface area contributed by atoms with Gasteiger partial charge in [0.15, 0.2) is 11.6 Å². The molecule has 0 aliphatic rings. The molecule has 0 radical (unpaired) electrons. The third-order valence-electron chi connectivity index (χ3n) is 2.11. The van der Waals surface area contributed by atoms with Crippen LogP contribution in [0, 0.1) is 5.82 Å². The third kappa shape index (κ3) is 2.70. The second-order valence-electron chi connectivity index (χ2n) is 3.32. The summed E-state index contributed by atoms with van der Waals surface area (Å²) in [4.78, 5) is 3.87. The topological polar surface area (TPSA) is 24.9 Å². The maximum atomic E-state index is 13.3. The van der Waals surface area contributed by atoms with Crippen LogP contribution in [0.5, 0.6) is 0 Å². The Morgan fingerprint density at radius 3 is 2.69 bits per heavy atom. The summed E-state index contributed by atoms with van der Waals surface area (Å²) < 4.78 is 13.3. The van der Waals surface area contributed by atoms with E-state index in [1.165, 1.54) is 12.3 Å². The van der Waals surface area contributed by atoms with E-state index in [1.807, 2.05) is 30.3 Å². The summed E-state index contributed by atoms with van der Waals surface area (Å²) in [5.74, 6) is -0.225. The van der Waals surface area contributed by atoms with E-state index >= 15 is 0 Å². The van der Waals surface area contributed by atoms with Gasteiger partial charge in [-0.25, -0.2) is 9.37 Å². The molecule has 0 bridgehead atoms. The number of rotatable bonds is 3. The van der Waals surface area contributed by atoms with Crippen LogP contribution in [0.3, 0.4) is 0 Å². The Hall–Kier alpha value is -1.61. The Morgan fingerprint density at radius 1 is 1.25 bits per heavy atom. The first-order valence-corrected chi connectivity index (χ1v) is 5.22. The zero-order chi connectivity index (χ0) is 11.4. The predicted molar refractivity (Wildman–Crippen MR) is 63.0 cm³/mol. The largest absolute Gasteiger partial charge is 0.364 e. The zero-order valence-electron chi connectivity index (χ0n) is 8.45. The van der Waals surface area contributed by atoms with Crippen molar-refractivity contribution in [3.05, 3.63) is 59.0 Å². The molecule has 0 unspecified atom stereocenters. The monoisotopic (exact) mass is 236 g/mol. The molecule has 0 saturated carbocycles. The SMILES string of the molecule is Fc1cc(Cl)cnc1NCc1ccccc1. The summed E-state index contributed by atoms with van der Waals surface area (Å²) >= 11 is 5.60. The van der Waals surface area contributed by atoms with Crippen molar-refractivity contribution in [3.63, 3.8) is 0 Å². The number of benzene rings is 1. The van der Waals surface area contributed by atoms with E-state index in [-0.39, 0.29) is 5.82 Å². The number of anilines is 1. The molecule has 2 rings (SSSR count). The smallest absolute Gasteiger partial charge is 0.166 e. The Balaban J connectivity index is 2.05. The van der Waals surface area contributed by atoms with Crippen LogP contribution >= 0.6 is 11.6 Å². The van der Waals surface area contributed by atoms with Crippen molar-refractivity contribution in [2.45, 2.75) is 6.54 Å². The summed E-state index contributed by atoms with van der Waals surface area (Å²) in [7, 11) is 0. The molecule has 0 amide bonds. The lowest BCUT2D eigenvalue weighted by Crippen LogP contribution is -2.03. The minimum absolute atomic E-state index is 0.216. The van der Waals surface area contributed by atoms with Gasteiger partial charge in [-0.2, -0.15) is 0 Å². The van der Waals surface area contributed by atoms with Crippen LogP contribution in [-0.2, 0) is 6.54 Å². The summed E-state index contributed by atoms with van der Waals surface area (Å²) in [5, 5.41) is 3.21. The highest BCUT2D eigenvalue weighted by Gasteiger charge is 2.03. The lowest BCUT2D eigenvalue weighted by molar-refractivity contribution is 0.624. The van der Waals surface area contributed by atoms with Crippen molar-refractivity contribution in [1.82, 2.24) is 4.98 Å². The number of nitrogens with zero attached hydrogens (tertiary/aromatic N) is 1. The highest BCUT2D eigenvalue weighted by molar-refractivity contribution is 6.30. The Morgan fingerprint density at radius 2 is 2.00 bits per heavy atom. The van der Waals surface area contributed by atoms with Gasteiger partial charge in [-0.05, 0) is 11.6 Å². The van der Waals surface area contributed by atoms with Gasteiger partial charge < -0.3 is 5.32 Å². The minimum atomic E-state index is -0.441. The van der Waals surface area contributed by atoms with E-state index in [0.29, 0.717) is 11.6 Å². The average molecular weight is 237 g/mol. The first-order chi connectivity index (χ1) is 7.75. The molecular weight excluding hydrogens is 227 g/mol. The standard InChI is InChI=1S/C12H10ClFN2/c13-10-6-11(14)12(16-8-10)15-7-9-4-2-1-3-5-9/h1-6,8H,7H2,(H,15,16). The second kappa shape index (κ2) is 4.94. The molecule has 1 aromatic carbocycles. The summed E-state index contributed by atoms with van der Waals surface area (Å²) in [6, 6.07) is 11.0. The van der Waals surface area contributed by atoms with Crippen molar-refractivity contribution in [1.29, 1.82) is 0 Å². The van der Waals surface area contributed by atoms with Gasteiger partial charge in [0, 0.05) is 12.7 Å². The normalized spacial score (nSPS) is 10.1. The van der Waals surface area contributed by atoms with E-state index in [0.717, 1.165) is 5.56 Å². The molecule has 1 N–H and O–H groups in total. The van der Waals surface area contributed by atoms with Gasteiger partial charge in [-0.15, -0.1) is 0 Å². The lowest BCUT2D eigenvalue weighted by atomic mass is 10.2. The fraction of sp³-hybridized carbons (Fsp3) is 0.0833. The van der Waals surface area contributed by atoms with Gasteiger partial charge in [0.1, 0.15) is 0 Å². The van der Waals surface area contributed by atoms with E-state index in [1.54, 1.807) is 0 Å². The zero-order valence-corrected chi connectivity index (χ0v) is 9.21. The molecule has 0 atom stereocenters. The molecule has 1 heterocycles. The molecule has 82 valence electrons. The number of pyridine rings is 1. The van der Waals surface area contributed by atoms with Gasteiger partial charge in [-0.1, -0.05) is 41.9 Å². The molecular formula is C12H10ClFN2. The lowest BCUT2D eigenvalue weighted by Gasteiger charge is -2.06. The van der Waals surface area contributed by atoms with Crippen molar-refractivity contribution in [2.24, 2.45) is 0 Å². The van der Waals surface area contributed by atoms with Gasteiger partial charge in [0.25, 0.3) is 0 Å². The van der Waals surface area contributed by atoms with Gasteiger partial charge >= 0.3 is 0 Å². The van der Waals surface area contributed by atoms with Crippen molar-refractivity contribution in [2.75, 3.05) is 5.32 Å². The maximum Gasteiger partial charge on any atom is 0.166 e. The summed E-state index contributed by atoms with van der Waals surface area (Å²) in [6.45, 7) is 0.534. The summed E-state index contributed by atoms with van der Waals surface area (Å²) in [6.07, 6.45) is 1.41. The highest BCUT2D eigenvalue weighted by Crippen LogP contribution is 2.16. The molecule has 0 saturated heterocycles. The maximum absolute atomic E-state index is 13.3. The van der Waals surface area contributed by atoms with Crippen LogP contribution in [0.4, 0.5) is 10.2 Å². The minimum Gasteiger partial charge on any atom is -0.364 e. The van der Waals surface area contributed by atoms with Crippen LogP contribution in [0.25, 0.3) is 0 Å². The number of aromatic nitrogens is 1. The molecule has 2 aromatic rings. The van der Waals surface area contributed by atoms with Gasteiger partial charge in [0.2, 0.25) is 0 Å². The van der Waals surface area contributed by atoms with Crippen LogP contribution in [0.1, 0.15) is 5.56 Å². The van der Waals surface area contributed by atoms with E-state index in [9.17, 15) is 4.39 Å². The molecule has 2 nitrogen and oxygen atoms in total. The highest BCUT2D eigenvalue weighted by atomic mass is 35.5. The van der Waals surface area contributed by atoms with Gasteiger partial charge in [0.05, 0.1) is 5.02 Å². The van der Waals surface area contributed by atoms with Gasteiger partial charge in [-0.3, -0.25) is 0 Å². The van der Waals surface area contributed by atoms with Crippen LogP contribution < -0.4 is 5.32 Å². The average Bonchev–Trinajstić information content (AvgIpc) is 2.29. The number of nitrogens with one attached hydrogen (secondary N) is 1. The van der Waals surface area contributed by atoms with Crippen LogP contribution in [-0.4, -0.2) is 4.98 Å². The van der Waals surface area contributed by atoms with E-state index in [4.69, 9.17) is 11.6 Å². The first kappa shape index (κ1) is 10.9. The second-order valence-corrected chi connectivity index (χ2v) is 3.76. The molecule has 1 aromatic heterocycles. The van der Waals surface area contributed by atoms with E-state index in [2.05, 4.69) is 10.3 Å². The Bertz CT molecular complexity index is 474. The number of hydrogen-bond acceptors (Lipinski definition) is 2. The predicted octanol–water partition coefficient (Wildman–Crippen LogP) is 3.49. The summed E-state index contributed by atoms with van der Waals surface area (Å²) in [5.41, 5.74) is 1.07. The van der Waals surface area contributed by atoms with Crippen molar-refractivity contribution >= 4 is 17.4 Å². The van der Waals surface area contributed by atoms with Crippen LogP contribution in [0.15, 0.2) is 42.6 Å². The molecule has 16 heavy (non-hydrogen) atoms. The number of halogens is 2.